The van der Waals surface area contributed by atoms with E-state index in [0.717, 1.165) is 49.6 Å². The largest absolute Gasteiger partial charge is 0.379 e. The van der Waals surface area contributed by atoms with E-state index in [1.54, 1.807) is 23.1 Å². The molecule has 0 aliphatic carbocycles. The minimum absolute atomic E-state index is 0.253. The second kappa shape index (κ2) is 7.26. The van der Waals surface area contributed by atoms with Crippen LogP contribution in [-0.2, 0) is 11.3 Å². The van der Waals surface area contributed by atoms with Crippen LogP contribution in [0.3, 0.4) is 0 Å². The summed E-state index contributed by atoms with van der Waals surface area (Å²) in [6.07, 6.45) is 5.25. The summed E-state index contributed by atoms with van der Waals surface area (Å²) in [6.45, 7) is 5.11. The van der Waals surface area contributed by atoms with Crippen molar-refractivity contribution < 1.29 is 9.53 Å². The Kier molecular flexibility index (Phi) is 4.68. The lowest BCUT2D eigenvalue weighted by molar-refractivity contribution is 0.0359. The van der Waals surface area contributed by atoms with Crippen molar-refractivity contribution in [3.05, 3.63) is 36.4 Å². The Morgan fingerprint density at radius 2 is 2.16 bits per heavy atom. The zero-order valence-electron chi connectivity index (χ0n) is 13.6. The van der Waals surface area contributed by atoms with Gasteiger partial charge in [0.25, 0.3) is 5.91 Å². The molecule has 0 saturated carbocycles. The quantitative estimate of drug-likeness (QED) is 0.743. The molecule has 1 fully saturated rings. The molecule has 3 aromatic rings. The fourth-order valence-electron chi connectivity index (χ4n) is 2.67. The normalized spacial score (nSPS) is 15.5. The first-order valence-corrected chi connectivity index (χ1v) is 8.95. The SMILES string of the molecule is O=C(Nc1nc2ccncc2s1)c1ccn(CCN2CCOCC2)n1. The number of carbonyl (C=O) groups is 1. The molecule has 9 heteroatoms. The number of ether oxygens (including phenoxy) is 1. The average molecular weight is 358 g/mol. The number of carbonyl (C=O) groups excluding carboxylic acids is 1. The van der Waals surface area contributed by atoms with E-state index in [4.69, 9.17) is 4.74 Å². The summed E-state index contributed by atoms with van der Waals surface area (Å²) in [4.78, 5) is 23.1. The van der Waals surface area contributed by atoms with Crippen molar-refractivity contribution in [1.29, 1.82) is 0 Å². The Labute approximate surface area is 148 Å². The minimum Gasteiger partial charge on any atom is -0.379 e. The second-order valence-electron chi connectivity index (χ2n) is 5.73. The molecule has 130 valence electrons. The van der Waals surface area contributed by atoms with E-state index >= 15 is 0 Å². The molecule has 3 aromatic heterocycles. The van der Waals surface area contributed by atoms with Gasteiger partial charge in [-0.1, -0.05) is 11.3 Å². The van der Waals surface area contributed by atoms with E-state index in [9.17, 15) is 4.79 Å². The predicted molar refractivity (Wildman–Crippen MR) is 94.9 cm³/mol. The zero-order chi connectivity index (χ0) is 17.1. The first-order chi connectivity index (χ1) is 12.3. The minimum atomic E-state index is -0.253. The van der Waals surface area contributed by atoms with Gasteiger partial charge >= 0.3 is 0 Å². The van der Waals surface area contributed by atoms with Crippen LogP contribution in [0.25, 0.3) is 10.2 Å². The number of nitrogens with zero attached hydrogens (tertiary/aromatic N) is 5. The van der Waals surface area contributed by atoms with Gasteiger partial charge in [-0.2, -0.15) is 5.10 Å². The third-order valence-corrected chi connectivity index (χ3v) is 4.96. The van der Waals surface area contributed by atoms with E-state index in [0.29, 0.717) is 10.8 Å². The van der Waals surface area contributed by atoms with Crippen LogP contribution in [0.15, 0.2) is 30.7 Å². The lowest BCUT2D eigenvalue weighted by Crippen LogP contribution is -2.38. The van der Waals surface area contributed by atoms with Gasteiger partial charge in [0, 0.05) is 38.2 Å². The molecule has 0 radical (unpaired) electrons. The van der Waals surface area contributed by atoms with E-state index in [1.165, 1.54) is 11.3 Å². The summed E-state index contributed by atoms with van der Waals surface area (Å²) in [6, 6.07) is 3.55. The number of fused-ring (bicyclic) bond motifs is 1. The highest BCUT2D eigenvalue weighted by molar-refractivity contribution is 7.22. The molecular formula is C16H18N6O2S. The molecule has 4 heterocycles. The molecule has 1 amide bonds. The lowest BCUT2D eigenvalue weighted by Gasteiger charge is -2.26. The monoisotopic (exact) mass is 358 g/mol. The van der Waals surface area contributed by atoms with E-state index in [-0.39, 0.29) is 5.91 Å². The van der Waals surface area contributed by atoms with Crippen LogP contribution in [0, 0.1) is 0 Å². The van der Waals surface area contributed by atoms with E-state index < -0.39 is 0 Å². The summed E-state index contributed by atoms with van der Waals surface area (Å²) < 4.78 is 8.08. The molecule has 0 unspecified atom stereocenters. The van der Waals surface area contributed by atoms with Gasteiger partial charge in [0.05, 0.1) is 30.0 Å². The van der Waals surface area contributed by atoms with Crippen LogP contribution in [0.1, 0.15) is 10.5 Å². The van der Waals surface area contributed by atoms with Crippen molar-refractivity contribution in [3.63, 3.8) is 0 Å². The van der Waals surface area contributed by atoms with Crippen molar-refractivity contribution >= 4 is 32.6 Å². The molecule has 0 spiro atoms. The standard InChI is InChI=1S/C16H18N6O2S/c23-15(19-16-18-12-1-3-17-11-14(12)25-16)13-2-4-22(20-13)6-5-21-7-9-24-10-8-21/h1-4,11H,5-10H2,(H,18,19,23). The Morgan fingerprint density at radius 3 is 3.00 bits per heavy atom. The summed E-state index contributed by atoms with van der Waals surface area (Å²) in [5.41, 5.74) is 1.21. The lowest BCUT2D eigenvalue weighted by atomic mass is 10.4. The van der Waals surface area contributed by atoms with Gasteiger partial charge in [0.1, 0.15) is 0 Å². The van der Waals surface area contributed by atoms with Gasteiger partial charge in [-0.25, -0.2) is 4.98 Å². The Balaban J connectivity index is 1.36. The Hall–Kier alpha value is -2.36. The summed E-state index contributed by atoms with van der Waals surface area (Å²) in [5.74, 6) is -0.253. The van der Waals surface area contributed by atoms with E-state index in [1.807, 2.05) is 12.3 Å². The van der Waals surface area contributed by atoms with E-state index in [2.05, 4.69) is 25.3 Å². The van der Waals surface area contributed by atoms with Crippen molar-refractivity contribution in [2.45, 2.75) is 6.54 Å². The van der Waals surface area contributed by atoms with Crippen molar-refractivity contribution in [1.82, 2.24) is 24.6 Å². The molecule has 4 rings (SSSR count). The van der Waals surface area contributed by atoms with Crippen molar-refractivity contribution in [2.75, 3.05) is 38.2 Å². The third kappa shape index (κ3) is 3.84. The van der Waals surface area contributed by atoms with Gasteiger partial charge in [-0.3, -0.25) is 24.7 Å². The number of anilines is 1. The topological polar surface area (TPSA) is 85.2 Å². The molecule has 25 heavy (non-hydrogen) atoms. The molecule has 1 saturated heterocycles. The number of hydrogen-bond acceptors (Lipinski definition) is 7. The first kappa shape index (κ1) is 16.1. The van der Waals surface area contributed by atoms with Gasteiger partial charge in [-0.15, -0.1) is 0 Å². The molecule has 1 aliphatic heterocycles. The molecular weight excluding hydrogens is 340 g/mol. The number of thiazole rings is 1. The number of amides is 1. The number of aromatic nitrogens is 4. The fraction of sp³-hybridized carbons (Fsp3) is 0.375. The molecule has 1 aliphatic rings. The summed E-state index contributed by atoms with van der Waals surface area (Å²) >= 11 is 1.40. The van der Waals surface area contributed by atoms with Gasteiger partial charge in [0.15, 0.2) is 10.8 Å². The van der Waals surface area contributed by atoms with Gasteiger partial charge in [0.2, 0.25) is 0 Å². The number of nitrogens with one attached hydrogen (secondary N) is 1. The highest BCUT2D eigenvalue weighted by Gasteiger charge is 2.14. The Morgan fingerprint density at radius 1 is 1.28 bits per heavy atom. The number of morpholine rings is 1. The fourth-order valence-corrected chi connectivity index (χ4v) is 3.50. The molecule has 0 bridgehead atoms. The molecule has 8 nitrogen and oxygen atoms in total. The van der Waals surface area contributed by atoms with Crippen LogP contribution >= 0.6 is 11.3 Å². The van der Waals surface area contributed by atoms with Crippen LogP contribution in [-0.4, -0.2) is 63.4 Å². The summed E-state index contributed by atoms with van der Waals surface area (Å²) in [5, 5.41) is 7.71. The van der Waals surface area contributed by atoms with Crippen LogP contribution in [0.2, 0.25) is 0 Å². The van der Waals surface area contributed by atoms with Crippen LogP contribution in [0.5, 0.6) is 0 Å². The second-order valence-corrected chi connectivity index (χ2v) is 6.77. The summed E-state index contributed by atoms with van der Waals surface area (Å²) in [7, 11) is 0. The van der Waals surface area contributed by atoms with Crippen LogP contribution < -0.4 is 5.32 Å². The maximum absolute atomic E-state index is 12.3. The third-order valence-electron chi connectivity index (χ3n) is 4.03. The van der Waals surface area contributed by atoms with Gasteiger partial charge in [-0.05, 0) is 12.1 Å². The van der Waals surface area contributed by atoms with Crippen molar-refractivity contribution in [3.8, 4) is 0 Å². The number of rotatable bonds is 5. The zero-order valence-corrected chi connectivity index (χ0v) is 14.4. The Bertz CT molecular complexity index is 837. The number of hydrogen-bond donors (Lipinski definition) is 1. The van der Waals surface area contributed by atoms with Crippen LogP contribution in [0.4, 0.5) is 5.13 Å². The van der Waals surface area contributed by atoms with Crippen molar-refractivity contribution in [2.24, 2.45) is 0 Å². The molecule has 1 N–H and O–H groups in total. The number of pyridine rings is 1. The molecule has 0 aromatic carbocycles. The highest BCUT2D eigenvalue weighted by atomic mass is 32.1. The maximum atomic E-state index is 12.3. The van der Waals surface area contributed by atoms with Gasteiger partial charge < -0.3 is 4.74 Å². The first-order valence-electron chi connectivity index (χ1n) is 8.13. The maximum Gasteiger partial charge on any atom is 0.277 e. The predicted octanol–water partition coefficient (Wildman–Crippen LogP) is 1.47. The highest BCUT2D eigenvalue weighted by Crippen LogP contribution is 2.24. The average Bonchev–Trinajstić information content (AvgIpc) is 3.27. The molecule has 0 atom stereocenters. The smallest absolute Gasteiger partial charge is 0.277 e.